The minimum Gasteiger partial charge on any atom is -0.362 e. The molecule has 2 heteroatoms. The highest BCUT2D eigenvalue weighted by Gasteiger charge is 2.22. The van der Waals surface area contributed by atoms with Gasteiger partial charge in [-0.2, -0.15) is 0 Å². The van der Waals surface area contributed by atoms with E-state index in [0.717, 1.165) is 6.61 Å². The van der Waals surface area contributed by atoms with Crippen LogP contribution in [0.4, 0.5) is 0 Å². The summed E-state index contributed by atoms with van der Waals surface area (Å²) in [5, 5.41) is 0. The third-order valence-corrected chi connectivity index (χ3v) is 3.03. The highest BCUT2D eigenvalue weighted by atomic mass is 35.5. The van der Waals surface area contributed by atoms with Gasteiger partial charge in [-0.05, 0) is 25.2 Å². The van der Waals surface area contributed by atoms with E-state index in [9.17, 15) is 0 Å². The van der Waals surface area contributed by atoms with Crippen LogP contribution in [0.2, 0.25) is 0 Å². The van der Waals surface area contributed by atoms with Gasteiger partial charge in [0.2, 0.25) is 0 Å². The normalized spacial score (nSPS) is 30.5. The fraction of sp³-hybridized carbons (Fsp3) is 1.00. The summed E-state index contributed by atoms with van der Waals surface area (Å²) < 4.78 is 5.39. The van der Waals surface area contributed by atoms with Gasteiger partial charge in [0.05, 0.1) is 0 Å². The number of hydrogen-bond donors (Lipinski definition) is 0. The summed E-state index contributed by atoms with van der Waals surface area (Å²) in [6.45, 7) is 3.09. The molecule has 0 aliphatic carbocycles. The van der Waals surface area contributed by atoms with Crippen LogP contribution in [0.1, 0.15) is 45.4 Å². The summed E-state index contributed by atoms with van der Waals surface area (Å²) in [4.78, 5) is 0. The lowest BCUT2D eigenvalue weighted by Crippen LogP contribution is -2.24. The summed E-state index contributed by atoms with van der Waals surface area (Å²) in [5.74, 6) is 0.618. The van der Waals surface area contributed by atoms with Crippen LogP contribution in [0.3, 0.4) is 0 Å². The van der Waals surface area contributed by atoms with Crippen molar-refractivity contribution in [2.45, 2.75) is 51.0 Å². The van der Waals surface area contributed by atoms with Crippen molar-refractivity contribution in [3.63, 3.8) is 0 Å². The zero-order valence-corrected chi connectivity index (χ0v) is 8.65. The van der Waals surface area contributed by atoms with Crippen LogP contribution in [0, 0.1) is 5.92 Å². The van der Waals surface area contributed by atoms with Gasteiger partial charge >= 0.3 is 0 Å². The molecule has 0 amide bonds. The van der Waals surface area contributed by atoms with E-state index in [1.165, 1.54) is 38.5 Å². The molecule has 0 aromatic rings. The number of ether oxygens (including phenoxy) is 1. The summed E-state index contributed by atoms with van der Waals surface area (Å²) in [6, 6.07) is 0. The quantitative estimate of drug-likeness (QED) is 0.487. The Kier molecular flexibility index (Phi) is 5.01. The van der Waals surface area contributed by atoms with Crippen molar-refractivity contribution in [3.05, 3.63) is 0 Å². The van der Waals surface area contributed by atoms with Crippen molar-refractivity contribution in [1.29, 1.82) is 0 Å². The van der Waals surface area contributed by atoms with Gasteiger partial charge in [0.25, 0.3) is 0 Å². The third kappa shape index (κ3) is 3.32. The first-order chi connectivity index (χ1) is 5.84. The first-order valence-electron chi connectivity index (χ1n) is 5.10. The maximum Gasteiger partial charge on any atom is 0.133 e. The second-order valence-electron chi connectivity index (χ2n) is 3.62. The van der Waals surface area contributed by atoms with E-state index >= 15 is 0 Å². The van der Waals surface area contributed by atoms with E-state index in [1.54, 1.807) is 0 Å². The highest BCUT2D eigenvalue weighted by molar-refractivity contribution is 6.19. The zero-order valence-electron chi connectivity index (χ0n) is 7.89. The van der Waals surface area contributed by atoms with Crippen molar-refractivity contribution in [1.82, 2.24) is 0 Å². The lowest BCUT2D eigenvalue weighted by Gasteiger charge is -2.27. The van der Waals surface area contributed by atoms with Crippen LogP contribution in [0.15, 0.2) is 0 Å². The fourth-order valence-corrected chi connectivity index (χ4v) is 2.08. The second-order valence-corrected chi connectivity index (χ2v) is 4.05. The van der Waals surface area contributed by atoms with E-state index in [4.69, 9.17) is 16.3 Å². The highest BCUT2D eigenvalue weighted by Crippen LogP contribution is 2.28. The summed E-state index contributed by atoms with van der Waals surface area (Å²) in [6.07, 6.45) is 7.65. The number of alkyl halides is 1. The van der Waals surface area contributed by atoms with Gasteiger partial charge in [0, 0.05) is 6.61 Å². The van der Waals surface area contributed by atoms with Crippen molar-refractivity contribution in [2.24, 2.45) is 5.92 Å². The van der Waals surface area contributed by atoms with Crippen LogP contribution >= 0.6 is 11.6 Å². The molecule has 1 aliphatic heterocycles. The van der Waals surface area contributed by atoms with Gasteiger partial charge in [0.15, 0.2) is 0 Å². The van der Waals surface area contributed by atoms with Crippen molar-refractivity contribution in [3.8, 4) is 0 Å². The monoisotopic (exact) mass is 190 g/mol. The molecule has 1 aliphatic rings. The van der Waals surface area contributed by atoms with Crippen LogP contribution in [0.25, 0.3) is 0 Å². The van der Waals surface area contributed by atoms with E-state index < -0.39 is 0 Å². The lowest BCUT2D eigenvalue weighted by atomic mass is 9.95. The fourth-order valence-electron chi connectivity index (χ4n) is 1.74. The Hall–Kier alpha value is 0.250. The molecule has 1 fully saturated rings. The van der Waals surface area contributed by atoms with Crippen LogP contribution in [-0.2, 0) is 4.74 Å². The van der Waals surface area contributed by atoms with Gasteiger partial charge in [-0.1, -0.05) is 37.8 Å². The molecule has 2 unspecified atom stereocenters. The molecule has 0 saturated carbocycles. The van der Waals surface area contributed by atoms with E-state index in [1.807, 2.05) is 0 Å². The Morgan fingerprint density at radius 3 is 2.92 bits per heavy atom. The van der Waals surface area contributed by atoms with E-state index in [-0.39, 0.29) is 5.56 Å². The molecular weight excluding hydrogens is 172 g/mol. The topological polar surface area (TPSA) is 9.23 Å². The van der Waals surface area contributed by atoms with Crippen LogP contribution in [0.5, 0.6) is 0 Å². The Bertz CT molecular complexity index is 116. The smallest absolute Gasteiger partial charge is 0.133 e. The molecule has 1 saturated heterocycles. The van der Waals surface area contributed by atoms with E-state index in [0.29, 0.717) is 5.92 Å². The Balaban J connectivity index is 2.11. The first-order valence-corrected chi connectivity index (χ1v) is 5.54. The second kappa shape index (κ2) is 5.82. The molecule has 1 rings (SSSR count). The van der Waals surface area contributed by atoms with Crippen molar-refractivity contribution < 1.29 is 4.74 Å². The van der Waals surface area contributed by atoms with E-state index in [2.05, 4.69) is 6.92 Å². The Labute approximate surface area is 80.4 Å². The maximum absolute atomic E-state index is 6.04. The number of unbranched alkanes of at least 4 members (excludes halogenated alkanes) is 2. The molecule has 2 atom stereocenters. The molecule has 0 aromatic carbocycles. The molecule has 72 valence electrons. The largest absolute Gasteiger partial charge is 0.362 e. The van der Waals surface area contributed by atoms with Gasteiger partial charge in [-0.3, -0.25) is 0 Å². The maximum atomic E-state index is 6.04. The zero-order chi connectivity index (χ0) is 8.81. The van der Waals surface area contributed by atoms with Gasteiger partial charge in [-0.25, -0.2) is 0 Å². The predicted molar refractivity (Wildman–Crippen MR) is 52.5 cm³/mol. The average molecular weight is 191 g/mol. The minimum absolute atomic E-state index is 0.00407. The standard InChI is InChI=1S/C10H19ClO/c1-2-3-4-6-9-7-5-8-12-10(9)11/h9-10H,2-8H2,1H3. The average Bonchev–Trinajstić information content (AvgIpc) is 2.09. The molecule has 1 heterocycles. The minimum atomic E-state index is -0.00407. The lowest BCUT2D eigenvalue weighted by molar-refractivity contribution is 0.0213. The van der Waals surface area contributed by atoms with Crippen molar-refractivity contribution in [2.75, 3.05) is 6.61 Å². The summed E-state index contributed by atoms with van der Waals surface area (Å²) in [5.41, 5.74) is -0.00407. The number of halogens is 1. The molecule has 1 nitrogen and oxygen atoms in total. The number of hydrogen-bond acceptors (Lipinski definition) is 1. The predicted octanol–water partition coefficient (Wildman–Crippen LogP) is 3.56. The van der Waals surface area contributed by atoms with Crippen molar-refractivity contribution >= 4 is 11.6 Å². The Morgan fingerprint density at radius 1 is 1.42 bits per heavy atom. The molecule has 0 N–H and O–H groups in total. The third-order valence-electron chi connectivity index (χ3n) is 2.55. The van der Waals surface area contributed by atoms with Gasteiger partial charge in [-0.15, -0.1) is 0 Å². The Morgan fingerprint density at radius 2 is 2.25 bits per heavy atom. The molecular formula is C10H19ClO. The van der Waals surface area contributed by atoms with Gasteiger partial charge < -0.3 is 4.74 Å². The molecule has 0 aromatic heterocycles. The number of rotatable bonds is 4. The van der Waals surface area contributed by atoms with Gasteiger partial charge in [0.1, 0.15) is 5.56 Å². The summed E-state index contributed by atoms with van der Waals surface area (Å²) in [7, 11) is 0. The van der Waals surface area contributed by atoms with Crippen LogP contribution in [-0.4, -0.2) is 12.2 Å². The molecule has 0 spiro atoms. The summed E-state index contributed by atoms with van der Waals surface area (Å²) >= 11 is 6.04. The molecule has 0 radical (unpaired) electrons. The first kappa shape index (κ1) is 10.3. The molecule has 12 heavy (non-hydrogen) atoms. The molecule has 0 bridgehead atoms. The van der Waals surface area contributed by atoms with Crippen LogP contribution < -0.4 is 0 Å². The SMILES string of the molecule is CCCCCC1CCCOC1Cl.